The van der Waals surface area contributed by atoms with Gasteiger partial charge in [-0.15, -0.1) is 0 Å². The lowest BCUT2D eigenvalue weighted by Gasteiger charge is -2.06. The molecule has 0 aliphatic rings. The number of anilines is 1. The number of carbonyl (C=O) groups is 1. The lowest BCUT2D eigenvalue weighted by molar-refractivity contribution is 0.0697. The van der Waals surface area contributed by atoms with Gasteiger partial charge in [0.2, 0.25) is 0 Å². The lowest BCUT2D eigenvalue weighted by Crippen LogP contribution is -2.14. The van der Waals surface area contributed by atoms with Gasteiger partial charge in [0, 0.05) is 18.4 Å². The molecule has 0 aliphatic heterocycles. The van der Waals surface area contributed by atoms with Gasteiger partial charge in [-0.3, -0.25) is 4.72 Å². The van der Waals surface area contributed by atoms with Crippen LogP contribution in [0.5, 0.6) is 0 Å². The van der Waals surface area contributed by atoms with Crippen molar-refractivity contribution in [3.05, 3.63) is 41.9 Å². The molecule has 8 heteroatoms. The third kappa shape index (κ3) is 3.22. The molecule has 0 spiro atoms. The van der Waals surface area contributed by atoms with Crippen LogP contribution in [0.4, 0.5) is 5.69 Å². The van der Waals surface area contributed by atoms with Crippen molar-refractivity contribution in [2.75, 3.05) is 4.72 Å². The Morgan fingerprint density at radius 1 is 1.43 bits per heavy atom. The van der Waals surface area contributed by atoms with Crippen LogP contribution < -0.4 is 4.72 Å². The van der Waals surface area contributed by atoms with Crippen molar-refractivity contribution in [3.63, 3.8) is 0 Å². The van der Waals surface area contributed by atoms with Crippen LogP contribution in [0, 0.1) is 6.92 Å². The summed E-state index contributed by atoms with van der Waals surface area (Å²) in [6.07, 6.45) is 1.44. The van der Waals surface area contributed by atoms with E-state index in [4.69, 9.17) is 5.11 Å². The van der Waals surface area contributed by atoms with E-state index in [0.29, 0.717) is 12.4 Å². The fourth-order valence-corrected chi connectivity index (χ4v) is 2.91. The molecule has 7 nitrogen and oxygen atoms in total. The van der Waals surface area contributed by atoms with Crippen molar-refractivity contribution in [3.8, 4) is 0 Å². The number of rotatable bonds is 5. The maximum Gasteiger partial charge on any atom is 0.335 e. The summed E-state index contributed by atoms with van der Waals surface area (Å²) in [5, 5.41) is 8.81. The maximum absolute atomic E-state index is 12.2. The quantitative estimate of drug-likeness (QED) is 0.875. The van der Waals surface area contributed by atoms with E-state index in [2.05, 4.69) is 9.71 Å². The first kappa shape index (κ1) is 15.0. The SMILES string of the molecule is CCn1cc(S(=O)(=O)Nc2cccc(C(=O)O)c2)nc1C. The molecular formula is C13H15N3O4S. The summed E-state index contributed by atoms with van der Waals surface area (Å²) in [4.78, 5) is 14.9. The number of carboxylic acid groups (broad SMARTS) is 1. The Balaban J connectivity index is 2.32. The smallest absolute Gasteiger partial charge is 0.335 e. The van der Waals surface area contributed by atoms with Crippen molar-refractivity contribution in [2.45, 2.75) is 25.4 Å². The molecule has 0 bridgehead atoms. The fraction of sp³-hybridized carbons (Fsp3) is 0.231. The summed E-state index contributed by atoms with van der Waals surface area (Å²) < 4.78 is 28.5. The summed E-state index contributed by atoms with van der Waals surface area (Å²) in [5.41, 5.74) is 0.184. The molecule has 0 atom stereocenters. The molecule has 2 aromatic rings. The Bertz CT molecular complexity index is 780. The van der Waals surface area contributed by atoms with E-state index in [1.807, 2.05) is 6.92 Å². The number of imidazole rings is 1. The Labute approximate surface area is 122 Å². The minimum atomic E-state index is -3.84. The van der Waals surface area contributed by atoms with E-state index in [9.17, 15) is 13.2 Å². The summed E-state index contributed by atoms with van der Waals surface area (Å²) in [7, 11) is -3.84. The van der Waals surface area contributed by atoms with Crippen molar-refractivity contribution >= 4 is 21.7 Å². The van der Waals surface area contributed by atoms with Gasteiger partial charge in [-0.05, 0) is 32.0 Å². The van der Waals surface area contributed by atoms with Crippen LogP contribution in [0.3, 0.4) is 0 Å². The van der Waals surface area contributed by atoms with Gasteiger partial charge in [-0.1, -0.05) is 6.07 Å². The summed E-state index contributed by atoms with van der Waals surface area (Å²) in [6.45, 7) is 4.21. The van der Waals surface area contributed by atoms with Crippen LogP contribution in [0.2, 0.25) is 0 Å². The minimum Gasteiger partial charge on any atom is -0.478 e. The second-order valence-corrected chi connectivity index (χ2v) is 6.03. The highest BCUT2D eigenvalue weighted by Gasteiger charge is 2.19. The van der Waals surface area contributed by atoms with Gasteiger partial charge in [-0.25, -0.2) is 9.78 Å². The molecule has 0 fully saturated rings. The zero-order valence-corrected chi connectivity index (χ0v) is 12.4. The van der Waals surface area contributed by atoms with Crippen molar-refractivity contribution < 1.29 is 18.3 Å². The third-order valence-corrected chi connectivity index (χ3v) is 4.18. The van der Waals surface area contributed by atoms with E-state index in [-0.39, 0.29) is 16.3 Å². The molecule has 0 aliphatic carbocycles. The standard InChI is InChI=1S/C13H15N3O4S/c1-3-16-8-12(14-9(16)2)21(19,20)15-11-6-4-5-10(7-11)13(17)18/h4-8,15H,3H2,1-2H3,(H,17,18). The molecule has 21 heavy (non-hydrogen) atoms. The molecule has 112 valence electrons. The lowest BCUT2D eigenvalue weighted by atomic mass is 10.2. The molecule has 2 rings (SSSR count). The van der Waals surface area contributed by atoms with Gasteiger partial charge in [0.1, 0.15) is 5.82 Å². The van der Waals surface area contributed by atoms with Gasteiger partial charge < -0.3 is 9.67 Å². The average molecular weight is 309 g/mol. The number of sulfonamides is 1. The number of aromatic nitrogens is 2. The van der Waals surface area contributed by atoms with E-state index in [0.717, 1.165) is 0 Å². The Kier molecular flexibility index (Phi) is 3.99. The molecule has 0 radical (unpaired) electrons. The van der Waals surface area contributed by atoms with Crippen molar-refractivity contribution in [1.82, 2.24) is 9.55 Å². The normalized spacial score (nSPS) is 11.3. The first-order valence-corrected chi connectivity index (χ1v) is 7.71. The Hall–Kier alpha value is -2.35. The Morgan fingerprint density at radius 3 is 2.71 bits per heavy atom. The van der Waals surface area contributed by atoms with E-state index < -0.39 is 16.0 Å². The monoisotopic (exact) mass is 309 g/mol. The number of hydrogen-bond acceptors (Lipinski definition) is 4. The first-order chi connectivity index (χ1) is 9.83. The predicted octanol–water partition coefficient (Wildman–Crippen LogP) is 1.71. The van der Waals surface area contributed by atoms with Crippen LogP contribution in [-0.4, -0.2) is 29.0 Å². The van der Waals surface area contributed by atoms with Crippen LogP contribution in [0.1, 0.15) is 23.1 Å². The summed E-state index contributed by atoms with van der Waals surface area (Å²) in [5.74, 6) is -0.528. The van der Waals surface area contributed by atoms with Crippen molar-refractivity contribution in [2.24, 2.45) is 0 Å². The highest BCUT2D eigenvalue weighted by Crippen LogP contribution is 2.17. The molecule has 0 amide bonds. The molecular weight excluding hydrogens is 294 g/mol. The molecule has 1 aromatic heterocycles. The number of aryl methyl sites for hydroxylation is 2. The summed E-state index contributed by atoms with van der Waals surface area (Å²) >= 11 is 0. The number of nitrogens with one attached hydrogen (secondary N) is 1. The molecule has 1 aromatic carbocycles. The first-order valence-electron chi connectivity index (χ1n) is 6.23. The minimum absolute atomic E-state index is 0.00506. The highest BCUT2D eigenvalue weighted by atomic mass is 32.2. The summed E-state index contributed by atoms with van der Waals surface area (Å²) in [6, 6.07) is 5.59. The van der Waals surface area contributed by atoms with Gasteiger partial charge in [0.05, 0.1) is 5.56 Å². The maximum atomic E-state index is 12.2. The number of carboxylic acids is 1. The van der Waals surface area contributed by atoms with Gasteiger partial charge in [0.25, 0.3) is 10.0 Å². The van der Waals surface area contributed by atoms with Crippen LogP contribution >= 0.6 is 0 Å². The average Bonchev–Trinajstić information content (AvgIpc) is 2.80. The molecule has 0 saturated heterocycles. The second kappa shape index (κ2) is 5.57. The van der Waals surface area contributed by atoms with Gasteiger partial charge in [-0.2, -0.15) is 8.42 Å². The molecule has 1 heterocycles. The largest absolute Gasteiger partial charge is 0.478 e. The highest BCUT2D eigenvalue weighted by molar-refractivity contribution is 7.92. The molecule has 0 saturated carbocycles. The van der Waals surface area contributed by atoms with Gasteiger partial charge >= 0.3 is 5.97 Å². The third-order valence-electron chi connectivity index (χ3n) is 2.93. The molecule has 2 N–H and O–H groups in total. The van der Waals surface area contributed by atoms with E-state index in [1.54, 1.807) is 11.5 Å². The number of hydrogen-bond donors (Lipinski definition) is 2. The van der Waals surface area contributed by atoms with Crippen LogP contribution in [0.25, 0.3) is 0 Å². The number of aromatic carboxylic acids is 1. The van der Waals surface area contributed by atoms with Crippen molar-refractivity contribution in [1.29, 1.82) is 0 Å². The fourth-order valence-electron chi connectivity index (χ4n) is 1.85. The Morgan fingerprint density at radius 2 is 2.14 bits per heavy atom. The second-order valence-electron chi connectivity index (χ2n) is 4.40. The number of benzene rings is 1. The zero-order chi connectivity index (χ0) is 15.6. The van der Waals surface area contributed by atoms with Gasteiger partial charge in [0.15, 0.2) is 5.03 Å². The van der Waals surface area contributed by atoms with Crippen LogP contribution in [0.15, 0.2) is 35.5 Å². The molecule has 0 unspecified atom stereocenters. The zero-order valence-electron chi connectivity index (χ0n) is 11.6. The predicted molar refractivity (Wildman–Crippen MR) is 76.8 cm³/mol. The van der Waals surface area contributed by atoms with E-state index >= 15 is 0 Å². The topological polar surface area (TPSA) is 101 Å². The number of nitrogens with zero attached hydrogens (tertiary/aromatic N) is 2. The van der Waals surface area contributed by atoms with E-state index in [1.165, 1.54) is 30.5 Å². The van der Waals surface area contributed by atoms with Crippen LogP contribution in [-0.2, 0) is 16.6 Å².